The molecule has 0 aliphatic carbocycles. The molecule has 3 aromatic rings. The Morgan fingerprint density at radius 3 is 2.47 bits per heavy atom. The van der Waals surface area contributed by atoms with E-state index >= 15 is 0 Å². The van der Waals surface area contributed by atoms with Crippen molar-refractivity contribution >= 4 is 40.4 Å². The van der Waals surface area contributed by atoms with Crippen LogP contribution in [0.1, 0.15) is 5.56 Å². The lowest BCUT2D eigenvalue weighted by Gasteiger charge is -2.08. The van der Waals surface area contributed by atoms with Crippen LogP contribution in [0.15, 0.2) is 65.8 Å². The normalized spacial score (nSPS) is 10.7. The van der Waals surface area contributed by atoms with Crippen LogP contribution in [0.3, 0.4) is 0 Å². The highest BCUT2D eigenvalue weighted by Crippen LogP contribution is 2.27. The SMILES string of the molecule is COc1ccc(/C=N\NC(=O)CNC(=O)COc2ccccc2Cl)c2ccccc12. The number of hydrogen-bond acceptors (Lipinski definition) is 5. The average Bonchev–Trinajstić information content (AvgIpc) is 2.77. The number of carbonyl (C=O) groups is 2. The van der Waals surface area contributed by atoms with Gasteiger partial charge < -0.3 is 14.8 Å². The molecule has 0 heterocycles. The Hall–Kier alpha value is -3.58. The topological polar surface area (TPSA) is 89.0 Å². The molecule has 0 saturated carbocycles. The number of rotatable bonds is 8. The first-order valence-corrected chi connectivity index (χ1v) is 9.48. The molecular weight excluding hydrogens is 406 g/mol. The first-order valence-electron chi connectivity index (χ1n) is 9.10. The molecule has 2 amide bonds. The van der Waals surface area contributed by atoms with Crippen molar-refractivity contribution in [2.75, 3.05) is 20.3 Å². The predicted molar refractivity (Wildman–Crippen MR) is 116 cm³/mol. The van der Waals surface area contributed by atoms with Gasteiger partial charge in [-0.1, -0.05) is 48.0 Å². The Labute approximate surface area is 178 Å². The van der Waals surface area contributed by atoms with Gasteiger partial charge in [-0.05, 0) is 29.7 Å². The number of methoxy groups -OCH3 is 1. The molecule has 2 N–H and O–H groups in total. The van der Waals surface area contributed by atoms with E-state index in [9.17, 15) is 9.59 Å². The summed E-state index contributed by atoms with van der Waals surface area (Å²) in [5, 5.41) is 8.72. The standard InChI is InChI=1S/C22H20ClN3O4/c1-29-19-11-10-15(16-6-2-3-7-17(16)19)12-25-26-21(27)13-24-22(28)14-30-20-9-5-4-8-18(20)23/h2-12H,13-14H2,1H3,(H,24,28)(H,26,27)/b25-12-. The van der Waals surface area contributed by atoms with Gasteiger partial charge in [0.15, 0.2) is 6.61 Å². The third kappa shape index (κ3) is 5.48. The number of fused-ring (bicyclic) bond motifs is 1. The van der Waals surface area contributed by atoms with Crippen molar-refractivity contribution in [3.05, 3.63) is 71.2 Å². The van der Waals surface area contributed by atoms with Gasteiger partial charge in [-0.25, -0.2) is 5.43 Å². The number of hydrazone groups is 1. The molecule has 0 spiro atoms. The fourth-order valence-corrected chi connectivity index (χ4v) is 2.92. The third-order valence-electron chi connectivity index (χ3n) is 4.17. The molecule has 0 bridgehead atoms. The number of nitrogens with zero attached hydrogens (tertiary/aromatic N) is 1. The van der Waals surface area contributed by atoms with E-state index in [0.717, 1.165) is 22.1 Å². The van der Waals surface area contributed by atoms with Gasteiger partial charge >= 0.3 is 0 Å². The number of benzene rings is 3. The van der Waals surface area contributed by atoms with Gasteiger partial charge in [-0.15, -0.1) is 0 Å². The minimum Gasteiger partial charge on any atom is -0.496 e. The van der Waals surface area contributed by atoms with Gasteiger partial charge in [-0.2, -0.15) is 5.10 Å². The van der Waals surface area contributed by atoms with Crippen LogP contribution in [0.5, 0.6) is 11.5 Å². The summed E-state index contributed by atoms with van der Waals surface area (Å²) in [6.07, 6.45) is 1.54. The summed E-state index contributed by atoms with van der Waals surface area (Å²) in [6, 6.07) is 18.2. The summed E-state index contributed by atoms with van der Waals surface area (Å²) in [5.74, 6) is 0.244. The van der Waals surface area contributed by atoms with Crippen LogP contribution >= 0.6 is 11.6 Å². The molecule has 8 heteroatoms. The van der Waals surface area contributed by atoms with E-state index in [4.69, 9.17) is 21.1 Å². The van der Waals surface area contributed by atoms with Crippen LogP contribution in [-0.4, -0.2) is 38.3 Å². The zero-order valence-electron chi connectivity index (χ0n) is 16.2. The van der Waals surface area contributed by atoms with Gasteiger partial charge in [0.25, 0.3) is 11.8 Å². The summed E-state index contributed by atoms with van der Waals surface area (Å²) < 4.78 is 10.7. The minimum absolute atomic E-state index is 0.231. The number of amides is 2. The summed E-state index contributed by atoms with van der Waals surface area (Å²) in [7, 11) is 1.61. The second-order valence-corrected chi connectivity index (χ2v) is 6.60. The Bertz CT molecular complexity index is 1080. The van der Waals surface area contributed by atoms with Gasteiger partial charge in [-0.3, -0.25) is 9.59 Å². The molecule has 154 valence electrons. The maximum absolute atomic E-state index is 11.9. The van der Waals surface area contributed by atoms with Gasteiger partial charge in [0.1, 0.15) is 11.5 Å². The lowest BCUT2D eigenvalue weighted by atomic mass is 10.0. The van der Waals surface area contributed by atoms with E-state index < -0.39 is 11.8 Å². The molecule has 3 rings (SSSR count). The number of carbonyl (C=O) groups excluding carboxylic acids is 2. The molecule has 0 unspecified atom stereocenters. The van der Waals surface area contributed by atoms with E-state index in [0.29, 0.717) is 10.8 Å². The van der Waals surface area contributed by atoms with Crippen molar-refractivity contribution in [1.82, 2.24) is 10.7 Å². The second-order valence-electron chi connectivity index (χ2n) is 6.19. The highest BCUT2D eigenvalue weighted by atomic mass is 35.5. The van der Waals surface area contributed by atoms with E-state index in [1.807, 2.05) is 36.4 Å². The molecule has 0 atom stereocenters. The molecule has 30 heavy (non-hydrogen) atoms. The summed E-state index contributed by atoms with van der Waals surface area (Å²) >= 11 is 5.95. The minimum atomic E-state index is -0.463. The lowest BCUT2D eigenvalue weighted by molar-refractivity contribution is -0.127. The van der Waals surface area contributed by atoms with Crippen LogP contribution in [-0.2, 0) is 9.59 Å². The average molecular weight is 426 g/mol. The van der Waals surface area contributed by atoms with Crippen molar-refractivity contribution in [2.45, 2.75) is 0 Å². The van der Waals surface area contributed by atoms with Crippen molar-refractivity contribution in [3.63, 3.8) is 0 Å². The first-order chi connectivity index (χ1) is 14.6. The third-order valence-corrected chi connectivity index (χ3v) is 4.48. The Morgan fingerprint density at radius 2 is 1.70 bits per heavy atom. The van der Waals surface area contributed by atoms with Gasteiger partial charge in [0.2, 0.25) is 0 Å². The van der Waals surface area contributed by atoms with Gasteiger partial charge in [0.05, 0.1) is 24.9 Å². The van der Waals surface area contributed by atoms with Crippen molar-refractivity contribution in [2.24, 2.45) is 5.10 Å². The molecular formula is C22H20ClN3O4. The van der Waals surface area contributed by atoms with Crippen LogP contribution < -0.4 is 20.2 Å². The Balaban J connectivity index is 1.49. The van der Waals surface area contributed by atoms with E-state index in [1.54, 1.807) is 37.6 Å². The predicted octanol–water partition coefficient (Wildman–Crippen LogP) is 3.15. The second kappa shape index (κ2) is 10.3. The highest BCUT2D eigenvalue weighted by Gasteiger charge is 2.08. The smallest absolute Gasteiger partial charge is 0.259 e. The monoisotopic (exact) mass is 425 g/mol. The Kier molecular flexibility index (Phi) is 7.24. The van der Waals surface area contributed by atoms with E-state index in [-0.39, 0.29) is 13.2 Å². The van der Waals surface area contributed by atoms with Crippen molar-refractivity contribution < 1.29 is 19.1 Å². The Morgan fingerprint density at radius 1 is 0.967 bits per heavy atom. The fourth-order valence-electron chi connectivity index (χ4n) is 2.73. The highest BCUT2D eigenvalue weighted by molar-refractivity contribution is 6.32. The van der Waals surface area contributed by atoms with Crippen molar-refractivity contribution in [3.8, 4) is 11.5 Å². The first kappa shape index (κ1) is 21.1. The van der Waals surface area contributed by atoms with Gasteiger partial charge in [0, 0.05) is 10.9 Å². The number of nitrogens with one attached hydrogen (secondary N) is 2. The molecule has 0 radical (unpaired) electrons. The molecule has 0 aliphatic rings. The molecule has 3 aromatic carbocycles. The molecule has 0 aromatic heterocycles. The van der Waals surface area contributed by atoms with Crippen molar-refractivity contribution in [1.29, 1.82) is 0 Å². The zero-order valence-corrected chi connectivity index (χ0v) is 17.0. The number of hydrogen-bond donors (Lipinski definition) is 2. The maximum atomic E-state index is 11.9. The van der Waals surface area contributed by atoms with Crippen LogP contribution in [0.25, 0.3) is 10.8 Å². The van der Waals surface area contributed by atoms with Crippen LogP contribution in [0, 0.1) is 0 Å². The number of halogens is 1. The zero-order chi connectivity index (χ0) is 21.3. The number of ether oxygens (including phenoxy) is 2. The fraction of sp³-hybridized carbons (Fsp3) is 0.136. The quantitative estimate of drug-likeness (QED) is 0.428. The summed E-state index contributed by atoms with van der Waals surface area (Å²) in [5.41, 5.74) is 3.21. The van der Waals surface area contributed by atoms with E-state index in [1.165, 1.54) is 0 Å². The van der Waals surface area contributed by atoms with Crippen LogP contribution in [0.2, 0.25) is 5.02 Å². The summed E-state index contributed by atoms with van der Waals surface area (Å²) in [4.78, 5) is 23.7. The van der Waals surface area contributed by atoms with E-state index in [2.05, 4.69) is 15.8 Å². The number of para-hydroxylation sites is 1. The summed E-state index contributed by atoms with van der Waals surface area (Å²) in [6.45, 7) is -0.483. The lowest BCUT2D eigenvalue weighted by Crippen LogP contribution is -2.37. The maximum Gasteiger partial charge on any atom is 0.259 e. The molecule has 0 fully saturated rings. The largest absolute Gasteiger partial charge is 0.496 e. The molecule has 0 saturated heterocycles. The molecule has 0 aliphatic heterocycles. The van der Waals surface area contributed by atoms with Crippen LogP contribution in [0.4, 0.5) is 0 Å². The molecule has 7 nitrogen and oxygen atoms in total.